The van der Waals surface area contributed by atoms with E-state index >= 15 is 0 Å². The molecular weight excluding hydrogens is 251 g/mol. The number of aromatic amines is 1. The van der Waals surface area contributed by atoms with Crippen molar-refractivity contribution in [3.63, 3.8) is 0 Å². The zero-order chi connectivity index (χ0) is 10.8. The summed E-state index contributed by atoms with van der Waals surface area (Å²) in [6.07, 6.45) is 3.30. The van der Waals surface area contributed by atoms with Crippen LogP contribution in [0.3, 0.4) is 0 Å². The fraction of sp³-hybridized carbons (Fsp3) is 0. The van der Waals surface area contributed by atoms with E-state index in [1.54, 1.807) is 18.5 Å². The number of H-pyrrole nitrogens is 1. The normalized spacial score (nSPS) is 10.3. The highest BCUT2D eigenvalue weighted by molar-refractivity contribution is 7.71. The van der Waals surface area contributed by atoms with Gasteiger partial charge in [0.25, 0.3) is 0 Å². The minimum Gasteiger partial charge on any atom is -0.350 e. The van der Waals surface area contributed by atoms with E-state index in [0.717, 1.165) is 5.56 Å². The number of benzene rings is 1. The number of hydrogen-bond donors (Lipinski definition) is 1. The highest BCUT2D eigenvalue weighted by atomic mass is 35.5. The molecule has 1 heterocycles. The third-order valence-corrected chi connectivity index (χ3v) is 3.04. The molecule has 0 amide bonds. The van der Waals surface area contributed by atoms with E-state index in [0.29, 0.717) is 20.4 Å². The quantitative estimate of drug-likeness (QED) is 0.778. The number of nitrogens with one attached hydrogen (secondary N) is 1. The van der Waals surface area contributed by atoms with Crippen molar-refractivity contribution in [1.29, 1.82) is 0 Å². The molecule has 0 aliphatic carbocycles. The Labute approximate surface area is 102 Å². The summed E-state index contributed by atoms with van der Waals surface area (Å²) < 4.78 is 0.543. The molecular formula is C10H6Cl2N2S. The predicted molar refractivity (Wildman–Crippen MR) is 64.9 cm³/mol. The summed E-state index contributed by atoms with van der Waals surface area (Å²) in [5.74, 6) is 0. The molecule has 2 nitrogen and oxygen atoms in total. The van der Waals surface area contributed by atoms with Gasteiger partial charge in [-0.05, 0) is 6.07 Å². The van der Waals surface area contributed by atoms with Crippen molar-refractivity contribution in [3.8, 4) is 11.3 Å². The zero-order valence-corrected chi connectivity index (χ0v) is 9.83. The van der Waals surface area contributed by atoms with Crippen LogP contribution in [-0.2, 0) is 0 Å². The molecule has 0 saturated heterocycles. The second-order valence-electron chi connectivity index (χ2n) is 2.87. The van der Waals surface area contributed by atoms with Crippen molar-refractivity contribution in [2.24, 2.45) is 0 Å². The van der Waals surface area contributed by atoms with E-state index in [4.69, 9.17) is 35.4 Å². The molecule has 1 aromatic carbocycles. The molecule has 5 heteroatoms. The van der Waals surface area contributed by atoms with Crippen LogP contribution < -0.4 is 0 Å². The van der Waals surface area contributed by atoms with Gasteiger partial charge in [-0.1, -0.05) is 47.6 Å². The molecule has 1 N–H and O–H groups in total. The summed E-state index contributed by atoms with van der Waals surface area (Å²) in [5.41, 5.74) is 1.38. The first-order valence-electron chi connectivity index (χ1n) is 4.18. The lowest BCUT2D eigenvalue weighted by Gasteiger charge is -2.04. The summed E-state index contributed by atoms with van der Waals surface area (Å²) in [4.78, 5) is 7.07. The SMILES string of the molecule is S=c1[nH]ccnc1-c1cccc(Cl)c1Cl. The summed E-state index contributed by atoms with van der Waals surface area (Å²) in [7, 11) is 0. The Morgan fingerprint density at radius 3 is 2.80 bits per heavy atom. The average molecular weight is 257 g/mol. The maximum absolute atomic E-state index is 6.07. The summed E-state index contributed by atoms with van der Waals surface area (Å²) in [6.45, 7) is 0. The largest absolute Gasteiger partial charge is 0.350 e. The third-order valence-electron chi connectivity index (χ3n) is 1.91. The molecule has 76 valence electrons. The Balaban J connectivity index is 2.70. The van der Waals surface area contributed by atoms with Crippen LogP contribution in [0.5, 0.6) is 0 Å². The van der Waals surface area contributed by atoms with Gasteiger partial charge in [0.1, 0.15) is 10.3 Å². The van der Waals surface area contributed by atoms with Crippen LogP contribution in [0.25, 0.3) is 11.3 Å². The molecule has 0 fully saturated rings. The van der Waals surface area contributed by atoms with Crippen molar-refractivity contribution >= 4 is 35.4 Å². The number of nitrogens with zero attached hydrogens (tertiary/aromatic N) is 1. The van der Waals surface area contributed by atoms with Crippen molar-refractivity contribution in [3.05, 3.63) is 45.3 Å². The zero-order valence-electron chi connectivity index (χ0n) is 7.50. The van der Waals surface area contributed by atoms with E-state index in [-0.39, 0.29) is 0 Å². The molecule has 0 unspecified atom stereocenters. The van der Waals surface area contributed by atoms with Gasteiger partial charge >= 0.3 is 0 Å². The Bertz CT molecular complexity index is 551. The van der Waals surface area contributed by atoms with Crippen molar-refractivity contribution < 1.29 is 0 Å². The molecule has 0 spiro atoms. The lowest BCUT2D eigenvalue weighted by atomic mass is 10.1. The molecule has 2 aromatic rings. The predicted octanol–water partition coefficient (Wildman–Crippen LogP) is 4.11. The highest BCUT2D eigenvalue weighted by Gasteiger charge is 2.08. The van der Waals surface area contributed by atoms with Gasteiger partial charge in [0.05, 0.1) is 10.0 Å². The van der Waals surface area contributed by atoms with E-state index < -0.39 is 0 Å². The Hall–Kier alpha value is -0.900. The first kappa shape index (κ1) is 10.6. The lowest BCUT2D eigenvalue weighted by molar-refractivity contribution is 1.18. The maximum atomic E-state index is 6.07. The topological polar surface area (TPSA) is 28.7 Å². The molecule has 0 aliphatic heterocycles. The van der Waals surface area contributed by atoms with E-state index in [1.807, 2.05) is 12.1 Å². The Kier molecular flexibility index (Phi) is 3.05. The molecule has 15 heavy (non-hydrogen) atoms. The van der Waals surface area contributed by atoms with Gasteiger partial charge in [-0.25, -0.2) is 0 Å². The summed E-state index contributed by atoms with van der Waals surface area (Å²) >= 11 is 17.1. The van der Waals surface area contributed by atoms with E-state index in [2.05, 4.69) is 9.97 Å². The molecule has 0 atom stereocenters. The number of aromatic nitrogens is 2. The van der Waals surface area contributed by atoms with Gasteiger partial charge < -0.3 is 4.98 Å². The van der Waals surface area contributed by atoms with Crippen LogP contribution in [0.2, 0.25) is 10.0 Å². The second-order valence-corrected chi connectivity index (χ2v) is 4.06. The van der Waals surface area contributed by atoms with Crippen molar-refractivity contribution in [1.82, 2.24) is 9.97 Å². The summed E-state index contributed by atoms with van der Waals surface area (Å²) in [6, 6.07) is 5.37. The first-order chi connectivity index (χ1) is 7.20. The first-order valence-corrected chi connectivity index (χ1v) is 5.34. The van der Waals surface area contributed by atoms with Gasteiger partial charge in [0.15, 0.2) is 0 Å². The minimum absolute atomic E-state index is 0.470. The number of rotatable bonds is 1. The fourth-order valence-electron chi connectivity index (χ4n) is 1.23. The molecule has 0 bridgehead atoms. The van der Waals surface area contributed by atoms with E-state index in [9.17, 15) is 0 Å². The molecule has 0 radical (unpaired) electrons. The van der Waals surface area contributed by atoms with Gasteiger partial charge in [0.2, 0.25) is 0 Å². The van der Waals surface area contributed by atoms with Gasteiger partial charge in [0, 0.05) is 18.0 Å². The Morgan fingerprint density at radius 1 is 1.27 bits per heavy atom. The van der Waals surface area contributed by atoms with E-state index in [1.165, 1.54) is 0 Å². The smallest absolute Gasteiger partial charge is 0.129 e. The van der Waals surface area contributed by atoms with Gasteiger partial charge in [-0.3, -0.25) is 4.98 Å². The van der Waals surface area contributed by atoms with Gasteiger partial charge in [-0.15, -0.1) is 0 Å². The second kappa shape index (κ2) is 4.31. The van der Waals surface area contributed by atoms with Crippen LogP contribution in [0.1, 0.15) is 0 Å². The van der Waals surface area contributed by atoms with Crippen LogP contribution >= 0.6 is 35.4 Å². The highest BCUT2D eigenvalue weighted by Crippen LogP contribution is 2.32. The number of hydrogen-bond acceptors (Lipinski definition) is 2. The van der Waals surface area contributed by atoms with Crippen LogP contribution in [0.4, 0.5) is 0 Å². The van der Waals surface area contributed by atoms with Crippen LogP contribution in [0.15, 0.2) is 30.6 Å². The fourth-order valence-corrected chi connectivity index (χ4v) is 1.85. The third kappa shape index (κ3) is 2.04. The van der Waals surface area contributed by atoms with Crippen molar-refractivity contribution in [2.45, 2.75) is 0 Å². The van der Waals surface area contributed by atoms with Gasteiger partial charge in [-0.2, -0.15) is 0 Å². The van der Waals surface area contributed by atoms with Crippen LogP contribution in [-0.4, -0.2) is 9.97 Å². The molecule has 0 saturated carbocycles. The molecule has 0 aliphatic rings. The lowest BCUT2D eigenvalue weighted by Crippen LogP contribution is -1.88. The maximum Gasteiger partial charge on any atom is 0.129 e. The average Bonchev–Trinajstić information content (AvgIpc) is 2.23. The molecule has 1 aromatic heterocycles. The standard InChI is InChI=1S/C10H6Cl2N2S/c11-7-3-1-2-6(8(7)12)9-10(15)14-5-4-13-9/h1-5H,(H,14,15). The monoisotopic (exact) mass is 256 g/mol. The van der Waals surface area contributed by atoms with Crippen molar-refractivity contribution in [2.75, 3.05) is 0 Å². The summed E-state index contributed by atoms with van der Waals surface area (Å²) in [5, 5.41) is 0.964. The Morgan fingerprint density at radius 2 is 2.07 bits per heavy atom. The minimum atomic E-state index is 0.470. The van der Waals surface area contributed by atoms with Crippen LogP contribution in [0, 0.1) is 4.64 Å². The number of halogens is 2. The molecule has 2 rings (SSSR count).